The van der Waals surface area contributed by atoms with Gasteiger partial charge in [-0.2, -0.15) is 0 Å². The first-order chi connectivity index (χ1) is 11.2. The number of aliphatic hydroxyl groups excluding tert-OH is 1. The van der Waals surface area contributed by atoms with Crippen LogP contribution in [0.1, 0.15) is 12.5 Å². The van der Waals surface area contributed by atoms with Gasteiger partial charge in [0.25, 0.3) is 0 Å². The van der Waals surface area contributed by atoms with E-state index in [4.69, 9.17) is 0 Å². The molecule has 2 aromatic carbocycles. The Morgan fingerprint density at radius 1 is 1.09 bits per heavy atom. The minimum Gasteiger partial charge on any atom is -0.389 e. The first-order valence-corrected chi connectivity index (χ1v) is 7.75. The van der Waals surface area contributed by atoms with Crippen molar-refractivity contribution < 1.29 is 5.11 Å². The van der Waals surface area contributed by atoms with Crippen molar-refractivity contribution in [2.45, 2.75) is 19.2 Å². The SMILES string of the molecule is CC(O)C1NC=CN1CC#Cc1ccc(-c2ccccc2)cc1. The van der Waals surface area contributed by atoms with Crippen LogP contribution in [-0.4, -0.2) is 28.8 Å². The van der Waals surface area contributed by atoms with Gasteiger partial charge in [-0.15, -0.1) is 0 Å². The Bertz CT molecular complexity index is 724. The molecule has 0 saturated heterocycles. The summed E-state index contributed by atoms with van der Waals surface area (Å²) in [5.74, 6) is 6.34. The molecular weight excluding hydrogens is 284 g/mol. The lowest BCUT2D eigenvalue weighted by atomic mass is 10.0. The molecule has 0 saturated carbocycles. The highest BCUT2D eigenvalue weighted by Crippen LogP contribution is 2.18. The van der Waals surface area contributed by atoms with E-state index in [2.05, 4.69) is 41.4 Å². The standard InChI is InChI=1S/C20H20N2O/c1-16(23)20-21-13-15-22(20)14-5-6-17-9-11-19(12-10-17)18-7-3-2-4-8-18/h2-4,7-13,15-16,20-21,23H,14H2,1H3. The molecule has 2 N–H and O–H groups in total. The van der Waals surface area contributed by atoms with Gasteiger partial charge < -0.3 is 15.3 Å². The van der Waals surface area contributed by atoms with Gasteiger partial charge >= 0.3 is 0 Å². The zero-order chi connectivity index (χ0) is 16.1. The summed E-state index contributed by atoms with van der Waals surface area (Å²) in [6.45, 7) is 2.35. The quantitative estimate of drug-likeness (QED) is 0.856. The molecule has 2 unspecified atom stereocenters. The van der Waals surface area contributed by atoms with Crippen molar-refractivity contribution in [1.29, 1.82) is 0 Å². The summed E-state index contributed by atoms with van der Waals surface area (Å²) in [5, 5.41) is 12.8. The highest BCUT2D eigenvalue weighted by molar-refractivity contribution is 5.64. The van der Waals surface area contributed by atoms with Gasteiger partial charge in [0.15, 0.2) is 0 Å². The highest BCUT2D eigenvalue weighted by Gasteiger charge is 2.21. The van der Waals surface area contributed by atoms with Gasteiger partial charge in [0.05, 0.1) is 12.6 Å². The molecule has 116 valence electrons. The van der Waals surface area contributed by atoms with Crippen LogP contribution in [0.25, 0.3) is 11.1 Å². The number of hydrogen-bond donors (Lipinski definition) is 2. The van der Waals surface area contributed by atoms with E-state index in [1.807, 2.05) is 47.6 Å². The summed E-state index contributed by atoms with van der Waals surface area (Å²) in [6.07, 6.45) is 3.22. The summed E-state index contributed by atoms with van der Waals surface area (Å²) in [6, 6.07) is 18.6. The first kappa shape index (κ1) is 15.2. The second kappa shape index (κ2) is 7.04. The van der Waals surface area contributed by atoms with Gasteiger partial charge in [-0.1, -0.05) is 54.3 Å². The maximum Gasteiger partial charge on any atom is 0.125 e. The Hall–Kier alpha value is -2.70. The van der Waals surface area contributed by atoms with Crippen molar-refractivity contribution in [2.75, 3.05) is 6.54 Å². The Morgan fingerprint density at radius 2 is 1.78 bits per heavy atom. The fourth-order valence-electron chi connectivity index (χ4n) is 2.60. The van der Waals surface area contributed by atoms with Crippen LogP contribution in [0.5, 0.6) is 0 Å². The summed E-state index contributed by atoms with van der Waals surface area (Å²) >= 11 is 0. The lowest BCUT2D eigenvalue weighted by molar-refractivity contribution is 0.0928. The van der Waals surface area contributed by atoms with Gasteiger partial charge in [0, 0.05) is 18.0 Å². The van der Waals surface area contributed by atoms with E-state index in [0.717, 1.165) is 5.56 Å². The molecule has 0 aromatic heterocycles. The Balaban J connectivity index is 1.64. The molecule has 0 radical (unpaired) electrons. The molecule has 2 atom stereocenters. The summed E-state index contributed by atoms with van der Waals surface area (Å²) in [5.41, 5.74) is 3.39. The lowest BCUT2D eigenvalue weighted by Gasteiger charge is -2.25. The monoisotopic (exact) mass is 304 g/mol. The molecule has 1 aliphatic rings. The molecule has 0 spiro atoms. The average Bonchev–Trinajstić information content (AvgIpc) is 3.05. The number of hydrogen-bond acceptors (Lipinski definition) is 3. The van der Waals surface area contributed by atoms with Gasteiger partial charge in [0.1, 0.15) is 6.17 Å². The summed E-state index contributed by atoms with van der Waals surface area (Å²) < 4.78 is 0. The first-order valence-electron chi connectivity index (χ1n) is 7.75. The van der Waals surface area contributed by atoms with Crippen LogP contribution in [0.4, 0.5) is 0 Å². The zero-order valence-electron chi connectivity index (χ0n) is 13.1. The summed E-state index contributed by atoms with van der Waals surface area (Å²) in [7, 11) is 0. The van der Waals surface area contributed by atoms with Crippen molar-refractivity contribution >= 4 is 0 Å². The molecule has 0 amide bonds. The van der Waals surface area contributed by atoms with Gasteiger partial charge in [-0.05, 0) is 30.2 Å². The summed E-state index contributed by atoms with van der Waals surface area (Å²) in [4.78, 5) is 2.00. The zero-order valence-corrected chi connectivity index (χ0v) is 13.1. The van der Waals surface area contributed by atoms with E-state index in [1.165, 1.54) is 11.1 Å². The molecule has 0 fully saturated rings. The molecule has 1 aliphatic heterocycles. The second-order valence-electron chi connectivity index (χ2n) is 5.59. The molecule has 0 aliphatic carbocycles. The number of nitrogens with zero attached hydrogens (tertiary/aromatic N) is 1. The van der Waals surface area contributed by atoms with Gasteiger partial charge in [-0.25, -0.2) is 0 Å². The maximum absolute atomic E-state index is 9.69. The number of nitrogens with one attached hydrogen (secondary N) is 1. The second-order valence-corrected chi connectivity index (χ2v) is 5.59. The Morgan fingerprint density at radius 3 is 2.48 bits per heavy atom. The average molecular weight is 304 g/mol. The maximum atomic E-state index is 9.69. The van der Waals surface area contributed by atoms with Gasteiger partial charge in [-0.3, -0.25) is 0 Å². The molecule has 3 nitrogen and oxygen atoms in total. The normalized spacial score (nSPS) is 17.3. The van der Waals surface area contributed by atoms with Crippen LogP contribution in [0, 0.1) is 11.8 Å². The van der Waals surface area contributed by atoms with E-state index in [1.54, 1.807) is 6.92 Å². The van der Waals surface area contributed by atoms with E-state index < -0.39 is 6.10 Å². The van der Waals surface area contributed by atoms with Gasteiger partial charge in [0.2, 0.25) is 0 Å². The fourth-order valence-corrected chi connectivity index (χ4v) is 2.60. The minimum absolute atomic E-state index is 0.0928. The molecular formula is C20H20N2O. The third-order valence-corrected chi connectivity index (χ3v) is 3.83. The van der Waals surface area contributed by atoms with E-state index in [0.29, 0.717) is 6.54 Å². The van der Waals surface area contributed by atoms with Crippen LogP contribution in [0.15, 0.2) is 67.0 Å². The van der Waals surface area contributed by atoms with Crippen molar-refractivity contribution in [2.24, 2.45) is 0 Å². The van der Waals surface area contributed by atoms with E-state index in [-0.39, 0.29) is 6.17 Å². The predicted octanol–water partition coefficient (Wildman–Crippen LogP) is 2.79. The molecule has 0 bridgehead atoms. The minimum atomic E-state index is -0.447. The Labute approximate surface area is 137 Å². The van der Waals surface area contributed by atoms with Crippen LogP contribution in [0.3, 0.4) is 0 Å². The molecule has 2 aromatic rings. The van der Waals surface area contributed by atoms with E-state index >= 15 is 0 Å². The van der Waals surface area contributed by atoms with Crippen LogP contribution < -0.4 is 5.32 Å². The third-order valence-electron chi connectivity index (χ3n) is 3.83. The number of rotatable bonds is 3. The van der Waals surface area contributed by atoms with Crippen molar-refractivity contribution in [3.63, 3.8) is 0 Å². The molecule has 23 heavy (non-hydrogen) atoms. The fraction of sp³-hybridized carbons (Fsp3) is 0.200. The largest absolute Gasteiger partial charge is 0.389 e. The smallest absolute Gasteiger partial charge is 0.125 e. The highest BCUT2D eigenvalue weighted by atomic mass is 16.3. The molecule has 3 rings (SSSR count). The van der Waals surface area contributed by atoms with Crippen LogP contribution in [0.2, 0.25) is 0 Å². The topological polar surface area (TPSA) is 35.5 Å². The van der Waals surface area contributed by atoms with Crippen molar-refractivity contribution in [3.8, 4) is 23.0 Å². The van der Waals surface area contributed by atoms with Crippen molar-refractivity contribution in [1.82, 2.24) is 10.2 Å². The van der Waals surface area contributed by atoms with Crippen molar-refractivity contribution in [3.05, 3.63) is 72.6 Å². The number of aliphatic hydroxyl groups is 1. The lowest BCUT2D eigenvalue weighted by Crippen LogP contribution is -2.43. The van der Waals surface area contributed by atoms with Crippen LogP contribution in [-0.2, 0) is 0 Å². The third kappa shape index (κ3) is 3.74. The molecule has 1 heterocycles. The van der Waals surface area contributed by atoms with E-state index in [9.17, 15) is 5.11 Å². The predicted molar refractivity (Wildman–Crippen MR) is 93.2 cm³/mol. The Kier molecular flexibility index (Phi) is 4.65. The number of benzene rings is 2. The van der Waals surface area contributed by atoms with Crippen LogP contribution >= 0.6 is 0 Å². The molecule has 3 heteroatoms.